The van der Waals surface area contributed by atoms with Crippen LogP contribution in [0, 0.1) is 23.6 Å². The highest BCUT2D eigenvalue weighted by Gasteiger charge is 2.24. The maximum atomic E-state index is 13.7. The molecule has 3 N–H and O–H groups in total. The van der Waals surface area contributed by atoms with Crippen LogP contribution < -0.4 is 10.5 Å². The van der Waals surface area contributed by atoms with Crippen molar-refractivity contribution in [2.75, 3.05) is 18.9 Å². The van der Waals surface area contributed by atoms with Gasteiger partial charge in [-0.25, -0.2) is 9.37 Å². The first-order valence-electron chi connectivity index (χ1n) is 8.19. The van der Waals surface area contributed by atoms with Gasteiger partial charge in [-0.1, -0.05) is 35.0 Å². The number of nitrogen functional groups attached to an aromatic ring is 1. The molecule has 3 rings (SSSR count). The number of benzene rings is 1. The Morgan fingerprint density at radius 3 is 2.89 bits per heavy atom. The van der Waals surface area contributed by atoms with Crippen LogP contribution in [0.15, 0.2) is 24.4 Å². The molecule has 2 heterocycles. The Kier molecular flexibility index (Phi) is 6.08. The molecule has 8 heteroatoms. The molecule has 1 aromatic carbocycles. The summed E-state index contributed by atoms with van der Waals surface area (Å²) in [6, 6.07) is 4.22. The van der Waals surface area contributed by atoms with E-state index in [0.29, 0.717) is 17.7 Å². The molecule has 5 nitrogen and oxygen atoms in total. The smallest absolute Gasteiger partial charge is 0.166 e. The summed E-state index contributed by atoms with van der Waals surface area (Å²) in [5.41, 5.74) is 6.76. The van der Waals surface area contributed by atoms with Crippen LogP contribution in [0.25, 0.3) is 0 Å². The van der Waals surface area contributed by atoms with Crippen molar-refractivity contribution in [2.24, 2.45) is 5.92 Å². The van der Waals surface area contributed by atoms with Crippen LogP contribution in [0.5, 0.6) is 5.75 Å². The molecule has 1 saturated heterocycles. The van der Waals surface area contributed by atoms with Crippen LogP contribution in [-0.4, -0.2) is 29.4 Å². The summed E-state index contributed by atoms with van der Waals surface area (Å²) in [7, 11) is 0. The summed E-state index contributed by atoms with van der Waals surface area (Å²) in [5.74, 6) is 5.46. The number of aliphatic hydroxyl groups excluding tert-OH is 1. The highest BCUT2D eigenvalue weighted by atomic mass is 35.5. The summed E-state index contributed by atoms with van der Waals surface area (Å²) >= 11 is 12.2. The average molecular weight is 411 g/mol. The van der Waals surface area contributed by atoms with Crippen LogP contribution in [0.2, 0.25) is 10.0 Å². The molecule has 1 aliphatic heterocycles. The SMILES string of the molecule is C[C@@H](Oc1cc(C#CC2COCC2O)cnc1N)c1c(Cl)ccc(F)c1Cl. The van der Waals surface area contributed by atoms with E-state index in [-0.39, 0.29) is 34.1 Å². The maximum absolute atomic E-state index is 13.7. The first-order chi connectivity index (χ1) is 12.9. The molecule has 2 aromatic rings. The predicted octanol–water partition coefficient (Wildman–Crippen LogP) is 3.61. The zero-order chi connectivity index (χ0) is 19.6. The van der Waals surface area contributed by atoms with Crippen molar-refractivity contribution in [2.45, 2.75) is 19.1 Å². The fourth-order valence-corrected chi connectivity index (χ4v) is 3.32. The molecule has 3 atom stereocenters. The van der Waals surface area contributed by atoms with E-state index in [0.717, 1.165) is 0 Å². The third-order valence-electron chi connectivity index (χ3n) is 4.12. The Hall–Kier alpha value is -2.04. The Balaban J connectivity index is 1.83. The fraction of sp³-hybridized carbons (Fsp3) is 0.316. The van der Waals surface area contributed by atoms with Gasteiger partial charge in [0, 0.05) is 28.4 Å². The van der Waals surface area contributed by atoms with Crippen molar-refractivity contribution in [3.8, 4) is 17.6 Å². The van der Waals surface area contributed by atoms with E-state index in [4.69, 9.17) is 38.4 Å². The number of aliphatic hydroxyl groups is 1. The number of pyridine rings is 1. The van der Waals surface area contributed by atoms with Crippen LogP contribution in [0.1, 0.15) is 24.2 Å². The molecule has 0 saturated carbocycles. The van der Waals surface area contributed by atoms with Gasteiger partial charge in [0.15, 0.2) is 11.6 Å². The van der Waals surface area contributed by atoms with Crippen molar-refractivity contribution in [1.82, 2.24) is 4.98 Å². The molecule has 0 bridgehead atoms. The van der Waals surface area contributed by atoms with Crippen molar-refractivity contribution >= 4 is 29.0 Å². The molecule has 1 fully saturated rings. The van der Waals surface area contributed by atoms with Gasteiger partial charge in [0.1, 0.15) is 11.9 Å². The minimum Gasteiger partial charge on any atom is -0.482 e. The minimum absolute atomic E-state index is 0.104. The van der Waals surface area contributed by atoms with Gasteiger partial charge in [0.05, 0.1) is 30.3 Å². The van der Waals surface area contributed by atoms with Gasteiger partial charge in [0.2, 0.25) is 0 Å². The van der Waals surface area contributed by atoms with Crippen molar-refractivity contribution < 1.29 is 19.0 Å². The number of ether oxygens (including phenoxy) is 2. The Bertz CT molecular complexity index is 914. The Labute approximate surface area is 166 Å². The van der Waals surface area contributed by atoms with E-state index < -0.39 is 18.0 Å². The summed E-state index contributed by atoms with van der Waals surface area (Å²) in [4.78, 5) is 4.07. The lowest BCUT2D eigenvalue weighted by atomic mass is 10.1. The highest BCUT2D eigenvalue weighted by Crippen LogP contribution is 2.35. The monoisotopic (exact) mass is 410 g/mol. The summed E-state index contributed by atoms with van der Waals surface area (Å²) in [5, 5.41) is 9.92. The standard InChI is InChI=1S/C19H17Cl2FN2O3/c1-10(17-13(20)4-5-14(22)18(17)21)27-16-6-11(7-24-19(16)23)2-3-12-8-26-9-15(12)25/h4-7,10,12,15,25H,8-9H2,1H3,(H2,23,24)/t10-,12?,15?/m1/s1. The van der Waals surface area contributed by atoms with Crippen molar-refractivity contribution in [3.63, 3.8) is 0 Å². The topological polar surface area (TPSA) is 77.6 Å². The normalized spacial score (nSPS) is 20.0. The highest BCUT2D eigenvalue weighted by molar-refractivity contribution is 6.36. The van der Waals surface area contributed by atoms with Crippen LogP contribution in [0.4, 0.5) is 10.2 Å². The minimum atomic E-state index is -0.668. The van der Waals surface area contributed by atoms with Gasteiger partial charge in [-0.2, -0.15) is 0 Å². The number of nitrogens with two attached hydrogens (primary N) is 1. The predicted molar refractivity (Wildman–Crippen MR) is 101 cm³/mol. The van der Waals surface area contributed by atoms with Crippen LogP contribution in [0.3, 0.4) is 0 Å². The van der Waals surface area contributed by atoms with Gasteiger partial charge >= 0.3 is 0 Å². The van der Waals surface area contributed by atoms with Crippen molar-refractivity contribution in [3.05, 3.63) is 51.4 Å². The molecule has 2 unspecified atom stereocenters. The van der Waals surface area contributed by atoms with E-state index in [1.54, 1.807) is 13.0 Å². The third kappa shape index (κ3) is 4.45. The van der Waals surface area contributed by atoms with E-state index >= 15 is 0 Å². The number of nitrogens with zero attached hydrogens (tertiary/aromatic N) is 1. The molecule has 1 aliphatic rings. The molecule has 0 aliphatic carbocycles. The van der Waals surface area contributed by atoms with E-state index in [9.17, 15) is 9.50 Å². The van der Waals surface area contributed by atoms with Gasteiger partial charge in [-0.3, -0.25) is 0 Å². The quantitative estimate of drug-likeness (QED) is 0.596. The van der Waals surface area contributed by atoms with Crippen molar-refractivity contribution in [1.29, 1.82) is 0 Å². The van der Waals surface area contributed by atoms with E-state index in [1.807, 2.05) is 0 Å². The number of anilines is 1. The lowest BCUT2D eigenvalue weighted by Gasteiger charge is -2.19. The largest absolute Gasteiger partial charge is 0.482 e. The molecule has 0 radical (unpaired) electrons. The maximum Gasteiger partial charge on any atom is 0.166 e. The second-order valence-electron chi connectivity index (χ2n) is 6.10. The molecule has 142 valence electrons. The summed E-state index contributed by atoms with van der Waals surface area (Å²) in [6.07, 6.45) is 0.231. The molecule has 27 heavy (non-hydrogen) atoms. The number of halogens is 3. The Morgan fingerprint density at radius 1 is 1.41 bits per heavy atom. The zero-order valence-electron chi connectivity index (χ0n) is 14.4. The second kappa shape index (κ2) is 8.32. The number of hydrogen-bond acceptors (Lipinski definition) is 5. The number of hydrogen-bond donors (Lipinski definition) is 2. The number of aromatic nitrogens is 1. The van der Waals surface area contributed by atoms with E-state index in [1.165, 1.54) is 18.3 Å². The average Bonchev–Trinajstić information content (AvgIpc) is 3.04. The molecule has 1 aromatic heterocycles. The Morgan fingerprint density at radius 2 is 2.19 bits per heavy atom. The molecular weight excluding hydrogens is 394 g/mol. The summed E-state index contributed by atoms with van der Waals surface area (Å²) in [6.45, 7) is 2.34. The van der Waals surface area contributed by atoms with E-state index in [2.05, 4.69) is 16.8 Å². The lowest BCUT2D eigenvalue weighted by molar-refractivity contribution is 0.123. The molecule has 0 amide bonds. The second-order valence-corrected chi connectivity index (χ2v) is 6.89. The van der Waals surface area contributed by atoms with Crippen LogP contribution >= 0.6 is 23.2 Å². The lowest BCUT2D eigenvalue weighted by Crippen LogP contribution is -2.15. The first-order valence-corrected chi connectivity index (χ1v) is 8.95. The molecular formula is C19H17Cl2FN2O3. The van der Waals surface area contributed by atoms with Gasteiger partial charge in [-0.15, -0.1) is 0 Å². The summed E-state index contributed by atoms with van der Waals surface area (Å²) < 4.78 is 24.7. The number of rotatable bonds is 3. The zero-order valence-corrected chi connectivity index (χ0v) is 15.9. The first kappa shape index (κ1) is 19.7. The van der Waals surface area contributed by atoms with Gasteiger partial charge < -0.3 is 20.3 Å². The van der Waals surface area contributed by atoms with Gasteiger partial charge in [-0.05, 0) is 19.1 Å². The third-order valence-corrected chi connectivity index (χ3v) is 4.84. The molecule has 0 spiro atoms. The van der Waals surface area contributed by atoms with Gasteiger partial charge in [0.25, 0.3) is 0 Å². The van der Waals surface area contributed by atoms with Crippen LogP contribution in [-0.2, 0) is 4.74 Å². The fourth-order valence-electron chi connectivity index (χ4n) is 2.64.